The van der Waals surface area contributed by atoms with Crippen molar-refractivity contribution in [3.8, 4) is 6.07 Å². The van der Waals surface area contributed by atoms with Crippen LogP contribution in [-0.4, -0.2) is 35.7 Å². The number of hydrogen-bond donors (Lipinski definition) is 2. The zero-order valence-electron chi connectivity index (χ0n) is 12.2. The van der Waals surface area contributed by atoms with Crippen LogP contribution in [0.4, 0.5) is 10.5 Å². The zero-order valence-corrected chi connectivity index (χ0v) is 12.2. The number of aliphatic hydroxyl groups is 1. The lowest BCUT2D eigenvalue weighted by atomic mass is 9.86. The van der Waals surface area contributed by atoms with Gasteiger partial charge in [0.05, 0.1) is 11.6 Å². The van der Waals surface area contributed by atoms with Gasteiger partial charge in [-0.25, -0.2) is 4.79 Å². The summed E-state index contributed by atoms with van der Waals surface area (Å²) in [5.41, 5.74) is 1.16. The summed E-state index contributed by atoms with van der Waals surface area (Å²) in [7, 11) is 1.80. The lowest BCUT2D eigenvalue weighted by molar-refractivity contribution is 0.139. The minimum Gasteiger partial charge on any atom is -0.396 e. The molecule has 1 saturated carbocycles. The van der Waals surface area contributed by atoms with Crippen LogP contribution in [0.5, 0.6) is 0 Å². The molecule has 1 fully saturated rings. The number of aliphatic hydroxyl groups excluding tert-OH is 1. The van der Waals surface area contributed by atoms with E-state index in [1.807, 2.05) is 0 Å². The molecule has 0 atom stereocenters. The summed E-state index contributed by atoms with van der Waals surface area (Å²) >= 11 is 0. The van der Waals surface area contributed by atoms with Crippen molar-refractivity contribution < 1.29 is 9.90 Å². The number of rotatable bonds is 3. The highest BCUT2D eigenvalue weighted by Crippen LogP contribution is 2.27. The molecule has 0 heterocycles. The van der Waals surface area contributed by atoms with Gasteiger partial charge in [-0.15, -0.1) is 0 Å². The van der Waals surface area contributed by atoms with Crippen molar-refractivity contribution in [1.29, 1.82) is 5.26 Å². The van der Waals surface area contributed by atoms with E-state index in [9.17, 15) is 4.79 Å². The summed E-state index contributed by atoms with van der Waals surface area (Å²) in [6.07, 6.45) is 3.77. The molecule has 0 aromatic heterocycles. The van der Waals surface area contributed by atoms with Crippen LogP contribution >= 0.6 is 0 Å². The summed E-state index contributed by atoms with van der Waals surface area (Å²) < 4.78 is 0. The number of amides is 2. The van der Waals surface area contributed by atoms with Crippen molar-refractivity contribution in [2.75, 3.05) is 19.0 Å². The normalized spacial score (nSPS) is 21.4. The third-order valence-electron chi connectivity index (χ3n) is 4.19. The number of nitriles is 1. The predicted octanol–water partition coefficient (Wildman–Crippen LogP) is 2.57. The first-order valence-electron chi connectivity index (χ1n) is 7.29. The van der Waals surface area contributed by atoms with Crippen LogP contribution in [0.25, 0.3) is 0 Å². The van der Waals surface area contributed by atoms with E-state index in [0.29, 0.717) is 17.2 Å². The van der Waals surface area contributed by atoms with Crippen molar-refractivity contribution in [3.63, 3.8) is 0 Å². The maximum Gasteiger partial charge on any atom is 0.321 e. The molecular weight excluding hydrogens is 266 g/mol. The second kappa shape index (κ2) is 7.09. The molecule has 2 N–H and O–H groups in total. The number of carbonyl (C=O) groups excluding carboxylic acids is 1. The van der Waals surface area contributed by atoms with Gasteiger partial charge in [0, 0.05) is 25.4 Å². The summed E-state index contributed by atoms with van der Waals surface area (Å²) in [6.45, 7) is 0.240. The Morgan fingerprint density at radius 3 is 2.76 bits per heavy atom. The van der Waals surface area contributed by atoms with E-state index in [2.05, 4.69) is 11.4 Å². The Balaban J connectivity index is 1.92. The summed E-state index contributed by atoms with van der Waals surface area (Å²) in [5, 5.41) is 20.8. The van der Waals surface area contributed by atoms with Crippen molar-refractivity contribution in [1.82, 2.24) is 4.90 Å². The van der Waals surface area contributed by atoms with Crippen LogP contribution in [0, 0.1) is 17.2 Å². The first kappa shape index (κ1) is 15.3. The van der Waals surface area contributed by atoms with Gasteiger partial charge in [0.2, 0.25) is 0 Å². The highest BCUT2D eigenvalue weighted by Gasteiger charge is 2.26. The van der Waals surface area contributed by atoms with Gasteiger partial charge in [0.1, 0.15) is 0 Å². The Morgan fingerprint density at radius 2 is 2.14 bits per heavy atom. The molecule has 0 aliphatic heterocycles. The second-order valence-corrected chi connectivity index (χ2v) is 5.59. The predicted molar refractivity (Wildman–Crippen MR) is 80.8 cm³/mol. The van der Waals surface area contributed by atoms with Gasteiger partial charge >= 0.3 is 6.03 Å². The summed E-state index contributed by atoms with van der Waals surface area (Å²) in [5.74, 6) is 0.380. The van der Waals surface area contributed by atoms with Crippen molar-refractivity contribution in [2.45, 2.75) is 31.7 Å². The zero-order chi connectivity index (χ0) is 15.2. The molecule has 5 heteroatoms. The molecule has 1 aromatic rings. The molecular formula is C16H21N3O2. The number of benzene rings is 1. The Labute approximate surface area is 125 Å². The Hall–Kier alpha value is -2.06. The highest BCUT2D eigenvalue weighted by molar-refractivity contribution is 5.89. The van der Waals surface area contributed by atoms with E-state index in [-0.39, 0.29) is 18.7 Å². The maximum atomic E-state index is 12.2. The number of anilines is 1. The van der Waals surface area contributed by atoms with E-state index in [4.69, 9.17) is 10.4 Å². The van der Waals surface area contributed by atoms with E-state index < -0.39 is 0 Å². The maximum absolute atomic E-state index is 12.2. The molecule has 0 spiro atoms. The Kier molecular flexibility index (Phi) is 5.18. The van der Waals surface area contributed by atoms with Crippen LogP contribution in [0.1, 0.15) is 31.2 Å². The van der Waals surface area contributed by atoms with Crippen LogP contribution in [0.3, 0.4) is 0 Å². The summed E-state index contributed by atoms with van der Waals surface area (Å²) in [6, 6.07) is 9.00. The fourth-order valence-corrected chi connectivity index (χ4v) is 2.76. The molecule has 1 aliphatic rings. The number of carbonyl (C=O) groups is 1. The average Bonchev–Trinajstić information content (AvgIpc) is 2.54. The number of hydrogen-bond acceptors (Lipinski definition) is 3. The fraction of sp³-hybridized carbons (Fsp3) is 0.500. The van der Waals surface area contributed by atoms with Crippen molar-refractivity contribution >= 4 is 11.7 Å². The third-order valence-corrected chi connectivity index (χ3v) is 4.19. The molecule has 0 saturated heterocycles. The number of nitrogens with one attached hydrogen (secondary N) is 1. The molecule has 2 amide bonds. The SMILES string of the molecule is CN(C(=O)Nc1cccc(C#N)c1)C1CCC(CO)CC1. The quantitative estimate of drug-likeness (QED) is 0.897. The van der Waals surface area contributed by atoms with Gasteiger partial charge in [-0.05, 0) is 49.8 Å². The van der Waals surface area contributed by atoms with Gasteiger partial charge in [0.15, 0.2) is 0 Å². The topological polar surface area (TPSA) is 76.4 Å². The van der Waals surface area contributed by atoms with E-state index in [1.165, 1.54) is 0 Å². The average molecular weight is 287 g/mol. The van der Waals surface area contributed by atoms with Crippen LogP contribution < -0.4 is 5.32 Å². The van der Waals surface area contributed by atoms with E-state index >= 15 is 0 Å². The molecule has 112 valence electrons. The smallest absolute Gasteiger partial charge is 0.321 e. The largest absolute Gasteiger partial charge is 0.396 e. The highest BCUT2D eigenvalue weighted by atomic mass is 16.3. The second-order valence-electron chi connectivity index (χ2n) is 5.59. The Bertz CT molecular complexity index is 531. The Morgan fingerprint density at radius 1 is 1.43 bits per heavy atom. The molecule has 1 aromatic carbocycles. The fourth-order valence-electron chi connectivity index (χ4n) is 2.76. The van der Waals surface area contributed by atoms with Crippen LogP contribution in [-0.2, 0) is 0 Å². The molecule has 21 heavy (non-hydrogen) atoms. The molecule has 2 rings (SSSR count). The van der Waals surface area contributed by atoms with Crippen LogP contribution in [0.15, 0.2) is 24.3 Å². The molecule has 1 aliphatic carbocycles. The van der Waals surface area contributed by atoms with Gasteiger partial charge < -0.3 is 15.3 Å². The molecule has 0 bridgehead atoms. The first-order valence-corrected chi connectivity index (χ1v) is 7.29. The van der Waals surface area contributed by atoms with E-state index in [0.717, 1.165) is 25.7 Å². The van der Waals surface area contributed by atoms with Gasteiger partial charge in [0.25, 0.3) is 0 Å². The lowest BCUT2D eigenvalue weighted by Gasteiger charge is -2.34. The molecule has 5 nitrogen and oxygen atoms in total. The van der Waals surface area contributed by atoms with Gasteiger partial charge in [-0.1, -0.05) is 6.07 Å². The van der Waals surface area contributed by atoms with Crippen molar-refractivity contribution in [2.24, 2.45) is 5.92 Å². The monoisotopic (exact) mass is 287 g/mol. The van der Waals surface area contributed by atoms with Gasteiger partial charge in [-0.2, -0.15) is 5.26 Å². The van der Waals surface area contributed by atoms with E-state index in [1.54, 1.807) is 36.2 Å². The number of nitrogens with zero attached hydrogens (tertiary/aromatic N) is 2. The lowest BCUT2D eigenvalue weighted by Crippen LogP contribution is -2.42. The van der Waals surface area contributed by atoms with Crippen molar-refractivity contribution in [3.05, 3.63) is 29.8 Å². The number of urea groups is 1. The third kappa shape index (κ3) is 3.96. The first-order chi connectivity index (χ1) is 10.1. The molecule has 0 radical (unpaired) electrons. The van der Waals surface area contributed by atoms with Gasteiger partial charge in [-0.3, -0.25) is 0 Å². The minimum atomic E-state index is -0.155. The summed E-state index contributed by atoms with van der Waals surface area (Å²) in [4.78, 5) is 14.0. The minimum absolute atomic E-state index is 0.155. The van der Waals surface area contributed by atoms with Crippen LogP contribution in [0.2, 0.25) is 0 Å². The standard InChI is InChI=1S/C16H21N3O2/c1-19(15-7-5-12(11-20)6-8-15)16(21)18-14-4-2-3-13(9-14)10-17/h2-4,9,12,15,20H,5-8,11H2,1H3,(H,18,21). The molecule has 0 unspecified atom stereocenters.